The van der Waals surface area contributed by atoms with Crippen molar-refractivity contribution in [2.24, 2.45) is 7.05 Å². The topological polar surface area (TPSA) is 93.8 Å². The molecular formula is C12H15BrN6O2. The molecule has 0 saturated heterocycles. The molecule has 2 N–H and O–H groups in total. The molecule has 2 heterocycles. The molecule has 0 aliphatic rings. The summed E-state index contributed by atoms with van der Waals surface area (Å²) in [6.45, 7) is 1.89. The molecule has 0 fully saturated rings. The molecule has 0 spiro atoms. The summed E-state index contributed by atoms with van der Waals surface area (Å²) in [6.07, 6.45) is 3.30. The summed E-state index contributed by atoms with van der Waals surface area (Å²) in [5.41, 5.74) is 1.34. The third kappa shape index (κ3) is 3.48. The monoisotopic (exact) mass is 354 g/mol. The second-order valence-electron chi connectivity index (χ2n) is 4.45. The van der Waals surface area contributed by atoms with E-state index in [0.29, 0.717) is 5.69 Å². The molecule has 2 amide bonds. The molecule has 0 unspecified atom stereocenters. The van der Waals surface area contributed by atoms with Crippen molar-refractivity contribution in [3.63, 3.8) is 0 Å². The maximum absolute atomic E-state index is 12.0. The van der Waals surface area contributed by atoms with Crippen molar-refractivity contribution in [1.29, 1.82) is 0 Å². The molecule has 8 nitrogen and oxygen atoms in total. The summed E-state index contributed by atoms with van der Waals surface area (Å²) in [6, 6.07) is 0. The van der Waals surface area contributed by atoms with Crippen molar-refractivity contribution in [3.8, 4) is 0 Å². The molecule has 2 aromatic heterocycles. The van der Waals surface area contributed by atoms with Gasteiger partial charge in [0.05, 0.1) is 15.9 Å². The van der Waals surface area contributed by atoms with Gasteiger partial charge in [-0.1, -0.05) is 0 Å². The minimum Gasteiger partial charge on any atom is -0.354 e. The van der Waals surface area contributed by atoms with E-state index in [4.69, 9.17) is 0 Å². The molecule has 112 valence electrons. The highest BCUT2D eigenvalue weighted by Crippen LogP contribution is 2.15. The van der Waals surface area contributed by atoms with Gasteiger partial charge in [0.15, 0.2) is 5.69 Å². The van der Waals surface area contributed by atoms with E-state index in [1.807, 2.05) is 6.92 Å². The van der Waals surface area contributed by atoms with Crippen LogP contribution in [-0.2, 0) is 18.4 Å². The number of nitrogens with zero attached hydrogens (tertiary/aromatic N) is 4. The van der Waals surface area contributed by atoms with Crippen LogP contribution < -0.4 is 10.6 Å². The smallest absolute Gasteiger partial charge is 0.273 e. The average Bonchev–Trinajstić information content (AvgIpc) is 2.92. The Bertz CT molecular complexity index is 670. The minimum absolute atomic E-state index is 0.0501. The van der Waals surface area contributed by atoms with E-state index in [9.17, 15) is 9.59 Å². The van der Waals surface area contributed by atoms with Crippen molar-refractivity contribution in [2.75, 3.05) is 12.4 Å². The minimum atomic E-state index is -0.358. The van der Waals surface area contributed by atoms with Crippen LogP contribution in [0.1, 0.15) is 16.2 Å². The predicted octanol–water partition coefficient (Wildman–Crippen LogP) is 0.686. The lowest BCUT2D eigenvalue weighted by molar-refractivity contribution is -0.116. The Morgan fingerprint density at radius 2 is 2.05 bits per heavy atom. The Balaban J connectivity index is 2.11. The zero-order valence-electron chi connectivity index (χ0n) is 11.8. The first kappa shape index (κ1) is 15.2. The standard InChI is InChI=1S/C12H15BrN6O2/c1-7-8(13)4-19(16-7)6-10(20)15-9-5-18(3)17-11(9)12(21)14-2/h4-5H,6H2,1-3H3,(H,14,21)(H,15,20). The Labute approximate surface area is 129 Å². The van der Waals surface area contributed by atoms with E-state index < -0.39 is 0 Å². The van der Waals surface area contributed by atoms with E-state index in [0.717, 1.165) is 10.2 Å². The lowest BCUT2D eigenvalue weighted by Gasteiger charge is -2.04. The number of halogens is 1. The van der Waals surface area contributed by atoms with E-state index in [-0.39, 0.29) is 24.1 Å². The van der Waals surface area contributed by atoms with E-state index >= 15 is 0 Å². The van der Waals surface area contributed by atoms with Crippen molar-refractivity contribution >= 4 is 33.4 Å². The van der Waals surface area contributed by atoms with Gasteiger partial charge in [0.25, 0.3) is 5.91 Å². The van der Waals surface area contributed by atoms with Gasteiger partial charge in [-0.2, -0.15) is 10.2 Å². The molecule has 0 aliphatic carbocycles. The molecule has 0 aliphatic heterocycles. The number of hydrogen-bond acceptors (Lipinski definition) is 4. The maximum atomic E-state index is 12.0. The summed E-state index contributed by atoms with van der Waals surface area (Å²) in [5, 5.41) is 13.3. The Morgan fingerprint density at radius 1 is 1.33 bits per heavy atom. The maximum Gasteiger partial charge on any atom is 0.273 e. The van der Waals surface area contributed by atoms with Crippen LogP contribution in [0, 0.1) is 6.92 Å². The molecule has 0 aromatic carbocycles. The summed E-state index contributed by atoms with van der Waals surface area (Å²) in [7, 11) is 3.18. The van der Waals surface area contributed by atoms with Crippen LogP contribution in [-0.4, -0.2) is 38.4 Å². The fourth-order valence-corrected chi connectivity index (χ4v) is 2.09. The van der Waals surface area contributed by atoms with E-state index in [2.05, 4.69) is 36.8 Å². The van der Waals surface area contributed by atoms with Crippen LogP contribution >= 0.6 is 15.9 Å². The van der Waals surface area contributed by atoms with Gasteiger partial charge in [0.2, 0.25) is 5.91 Å². The zero-order chi connectivity index (χ0) is 15.6. The third-order valence-corrected chi connectivity index (χ3v) is 3.52. The van der Waals surface area contributed by atoms with Gasteiger partial charge in [-0.15, -0.1) is 0 Å². The first-order chi connectivity index (χ1) is 9.90. The highest BCUT2D eigenvalue weighted by Gasteiger charge is 2.17. The van der Waals surface area contributed by atoms with Crippen LogP contribution in [0.4, 0.5) is 5.69 Å². The number of carbonyl (C=O) groups excluding carboxylic acids is 2. The van der Waals surface area contributed by atoms with Crippen molar-refractivity contribution in [2.45, 2.75) is 13.5 Å². The molecule has 0 atom stereocenters. The van der Waals surface area contributed by atoms with Gasteiger partial charge in [-0.05, 0) is 22.9 Å². The Hall–Kier alpha value is -2.16. The fraction of sp³-hybridized carbons (Fsp3) is 0.333. The number of aryl methyl sites for hydroxylation is 2. The number of aromatic nitrogens is 4. The number of anilines is 1. The number of nitrogens with one attached hydrogen (secondary N) is 2. The van der Waals surface area contributed by atoms with Crippen LogP contribution in [0.3, 0.4) is 0 Å². The van der Waals surface area contributed by atoms with Crippen LogP contribution in [0.5, 0.6) is 0 Å². The molecule has 0 saturated carbocycles. The van der Waals surface area contributed by atoms with Gasteiger partial charge < -0.3 is 10.6 Å². The number of hydrogen-bond donors (Lipinski definition) is 2. The number of amides is 2. The highest BCUT2D eigenvalue weighted by atomic mass is 79.9. The largest absolute Gasteiger partial charge is 0.354 e. The number of rotatable bonds is 4. The normalized spacial score (nSPS) is 10.5. The Morgan fingerprint density at radius 3 is 2.62 bits per heavy atom. The second kappa shape index (κ2) is 6.08. The third-order valence-electron chi connectivity index (χ3n) is 2.74. The van der Waals surface area contributed by atoms with Gasteiger partial charge >= 0.3 is 0 Å². The van der Waals surface area contributed by atoms with Crippen molar-refractivity contribution in [3.05, 3.63) is 28.3 Å². The van der Waals surface area contributed by atoms with Crippen LogP contribution in [0.25, 0.3) is 0 Å². The van der Waals surface area contributed by atoms with Gasteiger partial charge in [-0.3, -0.25) is 19.0 Å². The molecule has 21 heavy (non-hydrogen) atoms. The average molecular weight is 355 g/mol. The second-order valence-corrected chi connectivity index (χ2v) is 5.31. The predicted molar refractivity (Wildman–Crippen MR) is 79.9 cm³/mol. The molecule has 0 radical (unpaired) electrons. The Kier molecular flexibility index (Phi) is 4.41. The highest BCUT2D eigenvalue weighted by molar-refractivity contribution is 9.10. The molecular weight excluding hydrogens is 340 g/mol. The molecule has 2 aromatic rings. The molecule has 2 rings (SSSR count). The van der Waals surface area contributed by atoms with E-state index in [1.54, 1.807) is 19.4 Å². The van der Waals surface area contributed by atoms with Gasteiger partial charge in [-0.25, -0.2) is 0 Å². The van der Waals surface area contributed by atoms with Gasteiger partial charge in [0, 0.05) is 26.5 Å². The first-order valence-electron chi connectivity index (χ1n) is 6.16. The molecule has 9 heteroatoms. The van der Waals surface area contributed by atoms with Crippen LogP contribution in [0.15, 0.2) is 16.9 Å². The van der Waals surface area contributed by atoms with E-state index in [1.165, 1.54) is 16.4 Å². The summed E-state index contributed by atoms with van der Waals surface area (Å²) in [5.74, 6) is -0.647. The summed E-state index contributed by atoms with van der Waals surface area (Å²) >= 11 is 3.33. The van der Waals surface area contributed by atoms with Gasteiger partial charge in [0.1, 0.15) is 6.54 Å². The van der Waals surface area contributed by atoms with Crippen LogP contribution in [0.2, 0.25) is 0 Å². The first-order valence-corrected chi connectivity index (χ1v) is 6.95. The lowest BCUT2D eigenvalue weighted by atomic mass is 10.3. The van der Waals surface area contributed by atoms with Crippen molar-refractivity contribution < 1.29 is 9.59 Å². The summed E-state index contributed by atoms with van der Waals surface area (Å²) in [4.78, 5) is 23.7. The SMILES string of the molecule is CNC(=O)c1nn(C)cc1NC(=O)Cn1cc(Br)c(C)n1. The fourth-order valence-electron chi connectivity index (χ4n) is 1.78. The quantitative estimate of drug-likeness (QED) is 0.844. The zero-order valence-corrected chi connectivity index (χ0v) is 13.4. The molecule has 0 bridgehead atoms. The summed E-state index contributed by atoms with van der Waals surface area (Å²) < 4.78 is 3.82. The van der Waals surface area contributed by atoms with Crippen molar-refractivity contribution in [1.82, 2.24) is 24.9 Å². The lowest BCUT2D eigenvalue weighted by Crippen LogP contribution is -2.23. The number of carbonyl (C=O) groups is 2.